The molecule has 0 bridgehead atoms. The number of aromatic nitrogens is 2. The van der Waals surface area contributed by atoms with Crippen LogP contribution in [0.5, 0.6) is 0 Å². The Morgan fingerprint density at radius 1 is 1.00 bits per heavy atom. The number of carbonyl (C=O) groups excluding carboxylic acids is 3. The number of nitrogens with zero attached hydrogens (tertiary/aromatic N) is 2. The van der Waals surface area contributed by atoms with Gasteiger partial charge in [-0.15, -0.1) is 0 Å². The van der Waals surface area contributed by atoms with Crippen LogP contribution in [-0.2, 0) is 0 Å². The minimum absolute atomic E-state index is 0.00109. The second-order valence-corrected chi connectivity index (χ2v) is 9.30. The normalized spacial score (nSPS) is 14.6. The summed E-state index contributed by atoms with van der Waals surface area (Å²) in [5.41, 5.74) is 1.09. The van der Waals surface area contributed by atoms with E-state index in [4.69, 9.17) is 11.6 Å². The van der Waals surface area contributed by atoms with E-state index < -0.39 is 23.5 Å². The van der Waals surface area contributed by atoms with Crippen molar-refractivity contribution < 1.29 is 18.8 Å². The number of anilines is 2. The Bertz CT molecular complexity index is 1270. The molecule has 2 heterocycles. The number of hydrogen-bond donors (Lipinski definition) is 4. The van der Waals surface area contributed by atoms with Crippen LogP contribution in [0, 0.1) is 5.82 Å². The van der Waals surface area contributed by atoms with Gasteiger partial charge in [-0.2, -0.15) is 0 Å². The van der Waals surface area contributed by atoms with Crippen molar-refractivity contribution in [2.45, 2.75) is 32.2 Å². The number of H-pyrrole nitrogens is 1. The van der Waals surface area contributed by atoms with E-state index in [-0.39, 0.29) is 28.0 Å². The van der Waals surface area contributed by atoms with Crippen LogP contribution in [0.2, 0.25) is 5.02 Å². The highest BCUT2D eigenvalue weighted by Gasteiger charge is 2.22. The number of halogens is 2. The first-order valence-corrected chi connectivity index (χ1v) is 12.4. The summed E-state index contributed by atoms with van der Waals surface area (Å²) in [5.74, 6) is -1.98. The molecule has 1 atom stereocenters. The molecule has 1 aliphatic rings. The molecule has 4 N–H and O–H groups in total. The fourth-order valence-corrected chi connectivity index (χ4v) is 4.41. The quantitative estimate of drug-likeness (QED) is 0.349. The zero-order valence-corrected chi connectivity index (χ0v) is 21.1. The van der Waals surface area contributed by atoms with E-state index in [1.165, 1.54) is 31.7 Å². The maximum Gasteiger partial charge on any atom is 0.276 e. The average Bonchev–Trinajstić information content (AvgIpc) is 3.39. The first-order chi connectivity index (χ1) is 17.8. The lowest BCUT2D eigenvalue weighted by Gasteiger charge is -2.32. The number of benzene rings is 2. The molecule has 0 radical (unpaired) electrons. The van der Waals surface area contributed by atoms with Crippen LogP contribution >= 0.6 is 11.6 Å². The summed E-state index contributed by atoms with van der Waals surface area (Å²) in [6.45, 7) is 4.59. The van der Waals surface area contributed by atoms with Gasteiger partial charge in [0.1, 0.15) is 11.5 Å². The van der Waals surface area contributed by atoms with Crippen LogP contribution in [0.4, 0.5) is 15.8 Å². The SMILES string of the molecule is CC(CNC(=O)c1[nH]cnc1C(=O)Nc1ccc(NC(=O)c2ccc(F)cc2Cl)cc1)N1CCCCC1. The minimum atomic E-state index is -0.551. The summed E-state index contributed by atoms with van der Waals surface area (Å²) < 4.78 is 13.2. The Kier molecular flexibility index (Phi) is 8.52. The lowest BCUT2D eigenvalue weighted by molar-refractivity contribution is 0.0914. The Balaban J connectivity index is 1.33. The zero-order chi connectivity index (χ0) is 26.4. The zero-order valence-electron chi connectivity index (χ0n) is 20.3. The number of nitrogens with one attached hydrogen (secondary N) is 4. The lowest BCUT2D eigenvalue weighted by Crippen LogP contribution is -2.44. The smallest absolute Gasteiger partial charge is 0.276 e. The Morgan fingerprint density at radius 2 is 1.65 bits per heavy atom. The van der Waals surface area contributed by atoms with Gasteiger partial charge in [0.25, 0.3) is 17.7 Å². The molecule has 4 rings (SSSR count). The van der Waals surface area contributed by atoms with Gasteiger partial charge < -0.3 is 20.9 Å². The van der Waals surface area contributed by atoms with Crippen molar-refractivity contribution in [1.29, 1.82) is 0 Å². The standard InChI is InChI=1S/C26H28ClFN6O3/c1-16(34-11-3-2-4-12-34)14-29-25(36)22-23(31-15-30-22)26(37)33-19-8-6-18(7-9-19)32-24(35)20-10-5-17(28)13-21(20)27/h5-10,13,15-16H,2-4,11-12,14H2,1H3,(H,29,36)(H,30,31)(H,32,35)(H,33,37). The van der Waals surface area contributed by atoms with E-state index in [1.54, 1.807) is 24.3 Å². The van der Waals surface area contributed by atoms with E-state index in [2.05, 4.69) is 37.7 Å². The van der Waals surface area contributed by atoms with Crippen LogP contribution < -0.4 is 16.0 Å². The average molecular weight is 527 g/mol. The molecular weight excluding hydrogens is 499 g/mol. The van der Waals surface area contributed by atoms with Crippen molar-refractivity contribution in [3.8, 4) is 0 Å². The van der Waals surface area contributed by atoms with Gasteiger partial charge in [-0.3, -0.25) is 19.3 Å². The molecule has 3 amide bonds. The third-order valence-electron chi connectivity index (χ3n) is 6.23. The summed E-state index contributed by atoms with van der Waals surface area (Å²) in [6.07, 6.45) is 4.87. The van der Waals surface area contributed by atoms with E-state index in [1.807, 2.05) is 0 Å². The monoisotopic (exact) mass is 526 g/mol. The van der Waals surface area contributed by atoms with Gasteiger partial charge in [0, 0.05) is 24.0 Å². The molecular formula is C26H28ClFN6O3. The first kappa shape index (κ1) is 26.3. The molecule has 0 spiro atoms. The summed E-state index contributed by atoms with van der Waals surface area (Å²) in [4.78, 5) is 47.1. The molecule has 9 nitrogen and oxygen atoms in total. The van der Waals surface area contributed by atoms with Gasteiger partial charge in [-0.1, -0.05) is 18.0 Å². The van der Waals surface area contributed by atoms with Crippen molar-refractivity contribution in [2.75, 3.05) is 30.3 Å². The van der Waals surface area contributed by atoms with Crippen molar-refractivity contribution in [2.24, 2.45) is 0 Å². The van der Waals surface area contributed by atoms with Gasteiger partial charge in [0.15, 0.2) is 5.69 Å². The number of carbonyl (C=O) groups is 3. The van der Waals surface area contributed by atoms with Crippen molar-refractivity contribution in [1.82, 2.24) is 20.2 Å². The number of aromatic amines is 1. The van der Waals surface area contributed by atoms with Crippen molar-refractivity contribution in [3.63, 3.8) is 0 Å². The fourth-order valence-electron chi connectivity index (χ4n) is 4.16. The number of piperidine rings is 1. The highest BCUT2D eigenvalue weighted by Crippen LogP contribution is 2.20. The highest BCUT2D eigenvalue weighted by molar-refractivity contribution is 6.34. The molecule has 194 valence electrons. The third kappa shape index (κ3) is 6.72. The van der Waals surface area contributed by atoms with Crippen LogP contribution in [-0.4, -0.2) is 58.3 Å². The van der Waals surface area contributed by atoms with E-state index in [0.717, 1.165) is 25.2 Å². The molecule has 1 aromatic heterocycles. The van der Waals surface area contributed by atoms with Crippen LogP contribution in [0.15, 0.2) is 48.8 Å². The van der Waals surface area contributed by atoms with E-state index >= 15 is 0 Å². The number of imidazole rings is 1. The fraction of sp³-hybridized carbons (Fsp3) is 0.308. The van der Waals surface area contributed by atoms with Crippen LogP contribution in [0.3, 0.4) is 0 Å². The number of rotatable bonds is 8. The topological polar surface area (TPSA) is 119 Å². The molecule has 2 aromatic carbocycles. The molecule has 1 aliphatic heterocycles. The predicted molar refractivity (Wildman–Crippen MR) is 140 cm³/mol. The van der Waals surface area contributed by atoms with Gasteiger partial charge in [0.05, 0.1) is 16.9 Å². The highest BCUT2D eigenvalue weighted by atomic mass is 35.5. The van der Waals surface area contributed by atoms with Crippen LogP contribution in [0.1, 0.15) is 57.5 Å². The van der Waals surface area contributed by atoms with Gasteiger partial charge in [-0.05, 0) is 75.3 Å². The summed E-state index contributed by atoms with van der Waals surface area (Å²) >= 11 is 5.94. The van der Waals surface area contributed by atoms with Crippen LogP contribution in [0.25, 0.3) is 0 Å². The van der Waals surface area contributed by atoms with Gasteiger partial charge >= 0.3 is 0 Å². The number of amides is 3. The first-order valence-electron chi connectivity index (χ1n) is 12.1. The summed E-state index contributed by atoms with van der Waals surface area (Å²) in [5, 5.41) is 8.25. The van der Waals surface area contributed by atoms with Gasteiger partial charge in [0.2, 0.25) is 0 Å². The second-order valence-electron chi connectivity index (χ2n) is 8.89. The van der Waals surface area contributed by atoms with Gasteiger partial charge in [-0.25, -0.2) is 9.37 Å². The number of likely N-dealkylation sites (tertiary alicyclic amines) is 1. The Hall–Kier alpha value is -3.76. The minimum Gasteiger partial charge on any atom is -0.349 e. The molecule has 11 heteroatoms. The molecule has 1 unspecified atom stereocenters. The van der Waals surface area contributed by atoms with Crippen molar-refractivity contribution in [3.05, 3.63) is 76.6 Å². The maximum atomic E-state index is 13.2. The largest absolute Gasteiger partial charge is 0.349 e. The van der Waals surface area contributed by atoms with E-state index in [9.17, 15) is 18.8 Å². The molecule has 1 saturated heterocycles. The van der Waals surface area contributed by atoms with Crippen molar-refractivity contribution >= 4 is 40.7 Å². The molecule has 0 aliphatic carbocycles. The predicted octanol–water partition coefficient (Wildman–Crippen LogP) is 4.31. The molecule has 37 heavy (non-hydrogen) atoms. The third-order valence-corrected chi connectivity index (χ3v) is 6.54. The maximum absolute atomic E-state index is 13.2. The number of hydrogen-bond acceptors (Lipinski definition) is 5. The second kappa shape index (κ2) is 12.0. The Morgan fingerprint density at radius 3 is 2.30 bits per heavy atom. The molecule has 3 aromatic rings. The lowest BCUT2D eigenvalue weighted by atomic mass is 10.1. The molecule has 0 saturated carbocycles. The van der Waals surface area contributed by atoms with E-state index in [0.29, 0.717) is 17.9 Å². The Labute approximate surface area is 218 Å². The summed E-state index contributed by atoms with van der Waals surface area (Å²) in [7, 11) is 0. The molecule has 1 fully saturated rings. The summed E-state index contributed by atoms with van der Waals surface area (Å²) in [6, 6.07) is 10.1.